The molecular weight excluding hydrogens is 270 g/mol. The van der Waals surface area contributed by atoms with Crippen molar-refractivity contribution in [2.24, 2.45) is 16.1 Å². The van der Waals surface area contributed by atoms with E-state index in [2.05, 4.69) is 62.8 Å². The first-order chi connectivity index (χ1) is 10.1. The molecule has 22 heavy (non-hydrogen) atoms. The molecule has 0 aliphatic carbocycles. The molecule has 1 aromatic carbocycles. The summed E-state index contributed by atoms with van der Waals surface area (Å²) in [5.74, 6) is 0.763. The Kier molecular flexibility index (Phi) is 5.98. The molecule has 0 unspecified atom stereocenters. The highest BCUT2D eigenvalue weighted by molar-refractivity contribution is 6.04. The van der Waals surface area contributed by atoms with Crippen molar-refractivity contribution >= 4 is 11.5 Å². The van der Waals surface area contributed by atoms with Gasteiger partial charge < -0.3 is 11.1 Å². The number of nitrogens with zero attached hydrogens (tertiary/aromatic N) is 1. The first-order valence-corrected chi connectivity index (χ1v) is 7.59. The lowest BCUT2D eigenvalue weighted by atomic mass is 9.92. The number of nitrogens with two attached hydrogens (primary N) is 1. The molecule has 1 rings (SSSR count). The van der Waals surface area contributed by atoms with E-state index in [9.17, 15) is 0 Å². The van der Waals surface area contributed by atoms with Crippen LogP contribution >= 0.6 is 0 Å². The molecule has 0 fully saturated rings. The van der Waals surface area contributed by atoms with Crippen LogP contribution in [0.3, 0.4) is 0 Å². The van der Waals surface area contributed by atoms with E-state index in [1.807, 2.05) is 13.0 Å². The van der Waals surface area contributed by atoms with Gasteiger partial charge in [-0.2, -0.15) is 0 Å². The predicted molar refractivity (Wildman–Crippen MR) is 98.4 cm³/mol. The van der Waals surface area contributed by atoms with E-state index in [1.165, 1.54) is 16.7 Å². The Morgan fingerprint density at radius 1 is 1.36 bits per heavy atom. The molecule has 120 valence electrons. The largest absolute Gasteiger partial charge is 0.401 e. The van der Waals surface area contributed by atoms with Crippen molar-refractivity contribution in [2.45, 2.75) is 41.0 Å². The minimum absolute atomic E-state index is 0.0706. The van der Waals surface area contributed by atoms with Gasteiger partial charge in [0.2, 0.25) is 0 Å². The number of aryl methyl sites for hydroxylation is 1. The molecule has 3 N–H and O–H groups in total. The van der Waals surface area contributed by atoms with E-state index in [4.69, 9.17) is 5.73 Å². The number of hydrogen-bond donors (Lipinski definition) is 2. The number of nitrogens with one attached hydrogen (secondary N) is 1. The highest BCUT2D eigenvalue weighted by Gasteiger charge is 2.14. The van der Waals surface area contributed by atoms with E-state index in [1.54, 1.807) is 7.05 Å². The lowest BCUT2D eigenvalue weighted by Crippen LogP contribution is -2.20. The molecular formula is C19H29N3. The smallest absolute Gasteiger partial charge is 0.126 e. The topological polar surface area (TPSA) is 50.4 Å². The monoisotopic (exact) mass is 299 g/mol. The first-order valence-electron chi connectivity index (χ1n) is 7.59. The molecule has 3 nitrogen and oxygen atoms in total. The van der Waals surface area contributed by atoms with E-state index in [0.29, 0.717) is 0 Å². The zero-order chi connectivity index (χ0) is 16.9. The number of benzene rings is 1. The average Bonchev–Trinajstić information content (AvgIpc) is 2.39. The number of rotatable bonds is 4. The van der Waals surface area contributed by atoms with Crippen LogP contribution in [0.2, 0.25) is 0 Å². The minimum atomic E-state index is -0.0706. The first kappa shape index (κ1) is 18.0. The van der Waals surface area contributed by atoms with Gasteiger partial charge in [0.25, 0.3) is 0 Å². The van der Waals surface area contributed by atoms with Gasteiger partial charge in [0, 0.05) is 23.8 Å². The van der Waals surface area contributed by atoms with E-state index < -0.39 is 0 Å². The molecule has 0 saturated carbocycles. The Morgan fingerprint density at radius 2 is 2.00 bits per heavy atom. The minimum Gasteiger partial charge on any atom is -0.401 e. The van der Waals surface area contributed by atoms with Gasteiger partial charge in [0.05, 0.1) is 0 Å². The SMILES string of the molecule is C=C(C)Cc1ccc(NC(C=C(N)C(C)(C)C)=NC)cc1C. The summed E-state index contributed by atoms with van der Waals surface area (Å²) in [6, 6.07) is 6.33. The van der Waals surface area contributed by atoms with Crippen molar-refractivity contribution in [3.8, 4) is 0 Å². The van der Waals surface area contributed by atoms with Crippen molar-refractivity contribution in [1.29, 1.82) is 0 Å². The van der Waals surface area contributed by atoms with Gasteiger partial charge in [-0.25, -0.2) is 0 Å². The zero-order valence-corrected chi connectivity index (χ0v) is 14.7. The quantitative estimate of drug-likeness (QED) is 0.490. The predicted octanol–water partition coefficient (Wildman–Crippen LogP) is 4.44. The molecule has 0 aliphatic heterocycles. The van der Waals surface area contributed by atoms with Crippen LogP contribution < -0.4 is 11.1 Å². The molecule has 0 heterocycles. The van der Waals surface area contributed by atoms with Gasteiger partial charge in [-0.05, 0) is 49.6 Å². The van der Waals surface area contributed by atoms with Crippen LogP contribution in [0.15, 0.2) is 47.1 Å². The van der Waals surface area contributed by atoms with Gasteiger partial charge in [-0.15, -0.1) is 0 Å². The third-order valence-electron chi connectivity index (χ3n) is 3.51. The van der Waals surface area contributed by atoms with E-state index >= 15 is 0 Å². The summed E-state index contributed by atoms with van der Waals surface area (Å²) in [5, 5.41) is 3.32. The van der Waals surface area contributed by atoms with Crippen LogP contribution in [0.1, 0.15) is 38.8 Å². The maximum atomic E-state index is 6.12. The molecule has 0 aromatic heterocycles. The molecule has 0 spiro atoms. The Bertz CT molecular complexity index is 602. The summed E-state index contributed by atoms with van der Waals surface area (Å²) in [5.41, 5.74) is 11.6. The van der Waals surface area contributed by atoms with Crippen molar-refractivity contribution < 1.29 is 0 Å². The number of anilines is 1. The fourth-order valence-electron chi connectivity index (χ4n) is 1.97. The molecule has 3 heteroatoms. The summed E-state index contributed by atoms with van der Waals surface area (Å²) < 4.78 is 0. The summed E-state index contributed by atoms with van der Waals surface area (Å²) in [6.07, 6.45) is 2.81. The van der Waals surface area contributed by atoms with E-state index in [-0.39, 0.29) is 5.41 Å². The zero-order valence-electron chi connectivity index (χ0n) is 14.7. The second-order valence-electron chi connectivity index (χ2n) is 6.86. The molecule has 1 aromatic rings. The Hall–Kier alpha value is -2.03. The van der Waals surface area contributed by atoms with Crippen LogP contribution in [0.5, 0.6) is 0 Å². The lowest BCUT2D eigenvalue weighted by molar-refractivity contribution is 0.498. The highest BCUT2D eigenvalue weighted by Crippen LogP contribution is 2.21. The van der Waals surface area contributed by atoms with Crippen LogP contribution in [-0.4, -0.2) is 12.9 Å². The molecule has 0 radical (unpaired) electrons. The third-order valence-corrected chi connectivity index (χ3v) is 3.51. The second-order valence-corrected chi connectivity index (χ2v) is 6.86. The van der Waals surface area contributed by atoms with Gasteiger partial charge in [-0.3, -0.25) is 4.99 Å². The fourth-order valence-corrected chi connectivity index (χ4v) is 1.97. The van der Waals surface area contributed by atoms with Crippen molar-refractivity contribution in [1.82, 2.24) is 0 Å². The highest BCUT2D eigenvalue weighted by atomic mass is 15.0. The van der Waals surface area contributed by atoms with E-state index in [0.717, 1.165) is 23.6 Å². The summed E-state index contributed by atoms with van der Waals surface area (Å²) in [4.78, 5) is 4.27. The standard InChI is InChI=1S/C19H29N3/c1-13(2)10-15-8-9-16(11-14(15)3)22-18(21-7)12-17(20)19(4,5)6/h8-9,11-12H,1,10,20H2,2-7H3,(H,21,22). The maximum Gasteiger partial charge on any atom is 0.126 e. The molecule has 0 saturated heterocycles. The van der Waals surface area contributed by atoms with Crippen molar-refractivity contribution in [3.05, 3.63) is 53.3 Å². The summed E-state index contributed by atoms with van der Waals surface area (Å²) in [6.45, 7) is 14.4. The molecule has 0 aliphatic rings. The lowest BCUT2D eigenvalue weighted by Gasteiger charge is -2.19. The Labute approximate surface area is 135 Å². The third kappa shape index (κ3) is 5.40. The molecule has 0 bridgehead atoms. The second kappa shape index (κ2) is 7.30. The molecule has 0 atom stereocenters. The van der Waals surface area contributed by atoms with Crippen LogP contribution in [0.4, 0.5) is 5.69 Å². The molecule has 0 amide bonds. The van der Waals surface area contributed by atoms with Gasteiger partial charge >= 0.3 is 0 Å². The average molecular weight is 299 g/mol. The Balaban J connectivity index is 2.94. The van der Waals surface area contributed by atoms with Crippen molar-refractivity contribution in [3.63, 3.8) is 0 Å². The van der Waals surface area contributed by atoms with Gasteiger partial charge in [0.15, 0.2) is 0 Å². The summed E-state index contributed by atoms with van der Waals surface area (Å²) >= 11 is 0. The maximum absolute atomic E-state index is 6.12. The number of hydrogen-bond acceptors (Lipinski definition) is 2. The van der Waals surface area contributed by atoms with Crippen LogP contribution in [0.25, 0.3) is 0 Å². The number of aliphatic imine (C=N–C) groups is 1. The van der Waals surface area contributed by atoms with Crippen molar-refractivity contribution in [2.75, 3.05) is 12.4 Å². The van der Waals surface area contributed by atoms with Crippen LogP contribution in [0, 0.1) is 12.3 Å². The van der Waals surface area contributed by atoms with Gasteiger partial charge in [-0.1, -0.05) is 39.0 Å². The number of allylic oxidation sites excluding steroid dienone is 2. The number of amidine groups is 1. The fraction of sp³-hybridized carbons (Fsp3) is 0.421. The van der Waals surface area contributed by atoms with Crippen LogP contribution in [-0.2, 0) is 6.42 Å². The van der Waals surface area contributed by atoms with Gasteiger partial charge in [0.1, 0.15) is 5.84 Å². The Morgan fingerprint density at radius 3 is 2.45 bits per heavy atom. The summed E-state index contributed by atoms with van der Waals surface area (Å²) in [7, 11) is 1.76. The normalized spacial score (nSPS) is 13.2.